The molecule has 0 spiro atoms. The van der Waals surface area contributed by atoms with E-state index in [-0.39, 0.29) is 24.2 Å². The van der Waals surface area contributed by atoms with Gasteiger partial charge in [0.25, 0.3) is 5.91 Å². The van der Waals surface area contributed by atoms with Crippen LogP contribution >= 0.6 is 11.3 Å². The van der Waals surface area contributed by atoms with Crippen LogP contribution in [0.1, 0.15) is 29.8 Å². The lowest BCUT2D eigenvalue weighted by Crippen LogP contribution is -2.20. The van der Waals surface area contributed by atoms with Crippen LogP contribution in [0.4, 0.5) is 5.13 Å². The number of benzene rings is 2. The molecule has 0 saturated carbocycles. The van der Waals surface area contributed by atoms with Gasteiger partial charge in [0.15, 0.2) is 17.5 Å². The van der Waals surface area contributed by atoms with Crippen LogP contribution in [0.25, 0.3) is 11.3 Å². The topological polar surface area (TPSA) is 97.4 Å². The van der Waals surface area contributed by atoms with Gasteiger partial charge in [-0.05, 0) is 24.6 Å². The number of Topliss-reactive ketones (excluding diaryl/α,β-unsaturated/α-hetero) is 1. The molecule has 0 radical (unpaired) electrons. The molecule has 0 unspecified atom stereocenters. The van der Waals surface area contributed by atoms with Crippen molar-refractivity contribution in [2.24, 2.45) is 0 Å². The minimum Gasteiger partial charge on any atom is -0.484 e. The standard InChI is InChI=1S/C22H21N3O4S/c1-14(26)18-4-3-5-19(10-18)29-12-21(28)25-22-24-20(13-30-22)17-8-6-16(7-9-17)11-23-15(2)27/h3-10,13H,11-12H2,1-2H3,(H,23,27)(H,24,25,28). The zero-order valence-electron chi connectivity index (χ0n) is 16.6. The van der Waals surface area contributed by atoms with Crippen LogP contribution in [-0.4, -0.2) is 29.2 Å². The molecular weight excluding hydrogens is 402 g/mol. The number of aromatic nitrogens is 1. The second kappa shape index (κ2) is 9.80. The van der Waals surface area contributed by atoms with Crippen LogP contribution < -0.4 is 15.4 Å². The van der Waals surface area contributed by atoms with E-state index in [9.17, 15) is 14.4 Å². The number of carbonyl (C=O) groups excluding carboxylic acids is 3. The van der Waals surface area contributed by atoms with Crippen molar-refractivity contribution in [1.29, 1.82) is 0 Å². The molecule has 2 N–H and O–H groups in total. The lowest BCUT2D eigenvalue weighted by atomic mass is 10.1. The highest BCUT2D eigenvalue weighted by Crippen LogP contribution is 2.25. The normalized spacial score (nSPS) is 10.3. The van der Waals surface area contributed by atoms with Gasteiger partial charge in [-0.2, -0.15) is 0 Å². The first-order chi connectivity index (χ1) is 14.4. The number of amides is 2. The summed E-state index contributed by atoms with van der Waals surface area (Å²) in [6.45, 7) is 3.24. The lowest BCUT2D eigenvalue weighted by molar-refractivity contribution is -0.119. The van der Waals surface area contributed by atoms with E-state index in [2.05, 4.69) is 15.6 Å². The highest BCUT2D eigenvalue weighted by atomic mass is 32.1. The zero-order valence-corrected chi connectivity index (χ0v) is 17.4. The molecule has 0 aliphatic rings. The van der Waals surface area contributed by atoms with E-state index in [0.29, 0.717) is 23.0 Å². The second-order valence-corrected chi connectivity index (χ2v) is 7.42. The minimum absolute atomic E-state index is 0.0663. The van der Waals surface area contributed by atoms with Crippen molar-refractivity contribution in [2.45, 2.75) is 20.4 Å². The molecule has 7 nitrogen and oxygen atoms in total. The molecule has 3 rings (SSSR count). The van der Waals surface area contributed by atoms with Crippen molar-refractivity contribution in [2.75, 3.05) is 11.9 Å². The number of anilines is 1. The van der Waals surface area contributed by atoms with Crippen LogP contribution in [-0.2, 0) is 16.1 Å². The number of thiazole rings is 1. The predicted octanol–water partition coefficient (Wildman–Crippen LogP) is 3.67. The van der Waals surface area contributed by atoms with E-state index in [0.717, 1.165) is 16.8 Å². The van der Waals surface area contributed by atoms with Gasteiger partial charge in [0.05, 0.1) is 5.69 Å². The Morgan fingerprint density at radius 1 is 1.07 bits per heavy atom. The number of rotatable bonds is 8. The van der Waals surface area contributed by atoms with E-state index in [1.165, 1.54) is 25.2 Å². The first kappa shape index (κ1) is 21.2. The molecule has 0 atom stereocenters. The summed E-state index contributed by atoms with van der Waals surface area (Å²) in [5, 5.41) is 7.79. The van der Waals surface area contributed by atoms with Gasteiger partial charge in [-0.15, -0.1) is 11.3 Å². The van der Waals surface area contributed by atoms with Crippen LogP contribution in [0.5, 0.6) is 5.75 Å². The maximum Gasteiger partial charge on any atom is 0.264 e. The van der Waals surface area contributed by atoms with Gasteiger partial charge in [0.2, 0.25) is 5.91 Å². The molecule has 2 aromatic carbocycles. The Kier molecular flexibility index (Phi) is 6.92. The summed E-state index contributed by atoms with van der Waals surface area (Å²) in [4.78, 5) is 39.0. The van der Waals surface area contributed by atoms with E-state index < -0.39 is 0 Å². The number of carbonyl (C=O) groups is 3. The van der Waals surface area contributed by atoms with Crippen molar-refractivity contribution in [3.05, 3.63) is 65.0 Å². The van der Waals surface area contributed by atoms with Gasteiger partial charge in [0.1, 0.15) is 5.75 Å². The van der Waals surface area contributed by atoms with Crippen molar-refractivity contribution >= 4 is 34.1 Å². The zero-order chi connectivity index (χ0) is 21.5. The summed E-state index contributed by atoms with van der Waals surface area (Å²) < 4.78 is 5.46. The van der Waals surface area contributed by atoms with Gasteiger partial charge in [-0.3, -0.25) is 19.7 Å². The fraction of sp³-hybridized carbons (Fsp3) is 0.182. The maximum absolute atomic E-state index is 12.2. The highest BCUT2D eigenvalue weighted by Gasteiger charge is 2.10. The lowest BCUT2D eigenvalue weighted by Gasteiger charge is -2.06. The summed E-state index contributed by atoms with van der Waals surface area (Å²) in [6, 6.07) is 14.4. The summed E-state index contributed by atoms with van der Waals surface area (Å²) >= 11 is 1.32. The fourth-order valence-corrected chi connectivity index (χ4v) is 3.33. The summed E-state index contributed by atoms with van der Waals surface area (Å²) in [7, 11) is 0. The Labute approximate surface area is 178 Å². The van der Waals surface area contributed by atoms with E-state index in [1.807, 2.05) is 29.6 Å². The number of ketones is 1. The van der Waals surface area contributed by atoms with Crippen molar-refractivity contribution < 1.29 is 19.1 Å². The smallest absolute Gasteiger partial charge is 0.264 e. The van der Waals surface area contributed by atoms with Gasteiger partial charge in [0, 0.05) is 30.0 Å². The second-order valence-electron chi connectivity index (χ2n) is 6.57. The quantitative estimate of drug-likeness (QED) is 0.539. The molecule has 154 valence electrons. The largest absolute Gasteiger partial charge is 0.484 e. The van der Waals surface area contributed by atoms with Crippen LogP contribution in [0.2, 0.25) is 0 Å². The molecule has 0 aliphatic heterocycles. The maximum atomic E-state index is 12.2. The SMILES string of the molecule is CC(=O)NCc1ccc(-c2csc(NC(=O)COc3cccc(C(C)=O)c3)n2)cc1. The first-order valence-corrected chi connectivity index (χ1v) is 10.1. The Bertz CT molecular complexity index is 1060. The number of nitrogens with zero attached hydrogens (tertiary/aromatic N) is 1. The van der Waals surface area contributed by atoms with Gasteiger partial charge < -0.3 is 10.1 Å². The van der Waals surface area contributed by atoms with Crippen LogP contribution in [0.15, 0.2) is 53.9 Å². The monoisotopic (exact) mass is 423 g/mol. The molecule has 3 aromatic rings. The minimum atomic E-state index is -0.338. The Hall–Kier alpha value is -3.52. The summed E-state index contributed by atoms with van der Waals surface area (Å²) in [6.07, 6.45) is 0. The molecule has 8 heteroatoms. The number of hydrogen-bond donors (Lipinski definition) is 2. The third kappa shape index (κ3) is 5.99. The number of hydrogen-bond acceptors (Lipinski definition) is 6. The average Bonchev–Trinajstić information content (AvgIpc) is 3.19. The Morgan fingerprint density at radius 2 is 1.83 bits per heavy atom. The van der Waals surface area contributed by atoms with Gasteiger partial charge in [-0.1, -0.05) is 36.4 Å². The van der Waals surface area contributed by atoms with Crippen molar-refractivity contribution in [3.8, 4) is 17.0 Å². The van der Waals surface area contributed by atoms with E-state index in [1.54, 1.807) is 24.3 Å². The fourth-order valence-electron chi connectivity index (χ4n) is 2.59. The number of ether oxygens (including phenoxy) is 1. The average molecular weight is 423 g/mol. The predicted molar refractivity (Wildman–Crippen MR) is 116 cm³/mol. The van der Waals surface area contributed by atoms with E-state index >= 15 is 0 Å². The molecule has 1 heterocycles. The summed E-state index contributed by atoms with van der Waals surface area (Å²) in [5.74, 6) is -0.0234. The molecule has 30 heavy (non-hydrogen) atoms. The van der Waals surface area contributed by atoms with Crippen LogP contribution in [0, 0.1) is 0 Å². The molecular formula is C22H21N3O4S. The molecule has 1 aromatic heterocycles. The van der Waals surface area contributed by atoms with Crippen molar-refractivity contribution in [3.63, 3.8) is 0 Å². The Morgan fingerprint density at radius 3 is 2.53 bits per heavy atom. The Balaban J connectivity index is 1.54. The molecule has 0 saturated heterocycles. The molecule has 0 fully saturated rings. The first-order valence-electron chi connectivity index (χ1n) is 9.23. The van der Waals surface area contributed by atoms with Crippen molar-refractivity contribution in [1.82, 2.24) is 10.3 Å². The number of nitrogens with one attached hydrogen (secondary N) is 2. The van der Waals surface area contributed by atoms with Crippen LogP contribution in [0.3, 0.4) is 0 Å². The molecule has 0 aliphatic carbocycles. The van der Waals surface area contributed by atoms with Gasteiger partial charge >= 0.3 is 0 Å². The third-order valence-electron chi connectivity index (χ3n) is 4.15. The third-order valence-corrected chi connectivity index (χ3v) is 4.91. The van der Waals surface area contributed by atoms with Gasteiger partial charge in [-0.25, -0.2) is 4.98 Å². The highest BCUT2D eigenvalue weighted by molar-refractivity contribution is 7.14. The molecule has 2 amide bonds. The summed E-state index contributed by atoms with van der Waals surface area (Å²) in [5.41, 5.74) is 3.18. The van der Waals surface area contributed by atoms with E-state index in [4.69, 9.17) is 4.74 Å². The molecule has 0 bridgehead atoms.